The molecule has 0 aliphatic carbocycles. The molecule has 1 aromatic rings. The maximum absolute atomic E-state index is 13.8. The highest BCUT2D eigenvalue weighted by Crippen LogP contribution is 2.23. The zero-order valence-electron chi connectivity index (χ0n) is 9.55. The number of nitrogens with one attached hydrogen (secondary N) is 1. The number of nitrogens with zero attached hydrogens (tertiary/aromatic N) is 1. The summed E-state index contributed by atoms with van der Waals surface area (Å²) >= 11 is 0. The van der Waals surface area contributed by atoms with E-state index in [1.54, 1.807) is 6.07 Å². The van der Waals surface area contributed by atoms with Crippen LogP contribution in [0.5, 0.6) is 0 Å². The summed E-state index contributed by atoms with van der Waals surface area (Å²) in [5.74, 6) is 0.430. The van der Waals surface area contributed by atoms with Gasteiger partial charge in [0.1, 0.15) is 11.7 Å². The van der Waals surface area contributed by atoms with Gasteiger partial charge in [-0.3, -0.25) is 4.99 Å². The third kappa shape index (κ3) is 1.80. The molecule has 4 heteroatoms. The van der Waals surface area contributed by atoms with E-state index in [0.717, 1.165) is 24.2 Å². The highest BCUT2D eigenvalue weighted by Gasteiger charge is 2.22. The first-order chi connectivity index (χ1) is 7.61. The van der Waals surface area contributed by atoms with Crippen molar-refractivity contribution in [1.82, 2.24) is 5.32 Å². The molecule has 3 N–H and O–H groups in total. The first-order valence-corrected chi connectivity index (χ1v) is 5.40. The Bertz CT molecular complexity index is 440. The second-order valence-electron chi connectivity index (χ2n) is 4.07. The van der Waals surface area contributed by atoms with Crippen LogP contribution in [0.1, 0.15) is 22.7 Å². The largest absolute Gasteiger partial charge is 0.370 e. The predicted molar refractivity (Wildman–Crippen MR) is 63.1 cm³/mol. The van der Waals surface area contributed by atoms with Crippen molar-refractivity contribution in [3.8, 4) is 0 Å². The van der Waals surface area contributed by atoms with Crippen LogP contribution in [0.2, 0.25) is 0 Å². The molecule has 1 heterocycles. The molecule has 3 nitrogen and oxygen atoms in total. The van der Waals surface area contributed by atoms with Crippen molar-refractivity contribution in [3.05, 3.63) is 34.6 Å². The molecule has 0 bridgehead atoms. The Labute approximate surface area is 94.6 Å². The SMILES string of the molecule is Cc1ccc(F)c(C(N)C2=NCCN2)c1C. The minimum atomic E-state index is -0.484. The summed E-state index contributed by atoms with van der Waals surface area (Å²) < 4.78 is 13.8. The van der Waals surface area contributed by atoms with E-state index in [2.05, 4.69) is 10.3 Å². The van der Waals surface area contributed by atoms with E-state index >= 15 is 0 Å². The van der Waals surface area contributed by atoms with Crippen molar-refractivity contribution in [3.63, 3.8) is 0 Å². The molecule has 16 heavy (non-hydrogen) atoms. The summed E-state index contributed by atoms with van der Waals surface area (Å²) in [4.78, 5) is 4.24. The zero-order valence-corrected chi connectivity index (χ0v) is 9.55. The van der Waals surface area contributed by atoms with Gasteiger partial charge in [-0.15, -0.1) is 0 Å². The lowest BCUT2D eigenvalue weighted by Crippen LogP contribution is -2.32. The summed E-state index contributed by atoms with van der Waals surface area (Å²) in [5.41, 5.74) is 8.54. The van der Waals surface area contributed by atoms with Crippen LogP contribution >= 0.6 is 0 Å². The van der Waals surface area contributed by atoms with Crippen molar-refractivity contribution in [1.29, 1.82) is 0 Å². The van der Waals surface area contributed by atoms with Gasteiger partial charge in [0.15, 0.2) is 0 Å². The topological polar surface area (TPSA) is 50.4 Å². The molecule has 0 spiro atoms. The van der Waals surface area contributed by atoms with E-state index in [1.807, 2.05) is 13.8 Å². The van der Waals surface area contributed by atoms with Crippen molar-refractivity contribution < 1.29 is 4.39 Å². The molecule has 1 unspecified atom stereocenters. The zero-order chi connectivity index (χ0) is 11.7. The van der Waals surface area contributed by atoms with Crippen LogP contribution in [-0.2, 0) is 0 Å². The lowest BCUT2D eigenvalue weighted by Gasteiger charge is -2.17. The van der Waals surface area contributed by atoms with Gasteiger partial charge in [-0.25, -0.2) is 4.39 Å². The third-order valence-electron chi connectivity index (χ3n) is 3.04. The van der Waals surface area contributed by atoms with E-state index in [0.29, 0.717) is 11.4 Å². The van der Waals surface area contributed by atoms with E-state index in [-0.39, 0.29) is 5.82 Å². The maximum Gasteiger partial charge on any atom is 0.128 e. The van der Waals surface area contributed by atoms with Crippen LogP contribution in [0.25, 0.3) is 0 Å². The quantitative estimate of drug-likeness (QED) is 0.794. The number of benzene rings is 1. The Morgan fingerprint density at radius 3 is 2.81 bits per heavy atom. The smallest absolute Gasteiger partial charge is 0.128 e. The molecule has 2 rings (SSSR count). The summed E-state index contributed by atoms with van der Waals surface area (Å²) in [6.45, 7) is 5.35. The molecule has 0 fully saturated rings. The van der Waals surface area contributed by atoms with Gasteiger partial charge >= 0.3 is 0 Å². The van der Waals surface area contributed by atoms with Crippen LogP contribution in [0.4, 0.5) is 4.39 Å². The van der Waals surface area contributed by atoms with E-state index in [1.165, 1.54) is 6.07 Å². The van der Waals surface area contributed by atoms with Gasteiger partial charge in [-0.2, -0.15) is 0 Å². The van der Waals surface area contributed by atoms with Gasteiger partial charge in [0.2, 0.25) is 0 Å². The van der Waals surface area contributed by atoms with Crippen LogP contribution in [0.15, 0.2) is 17.1 Å². The van der Waals surface area contributed by atoms with Crippen molar-refractivity contribution in [2.24, 2.45) is 10.7 Å². The number of rotatable bonds is 2. The number of aryl methyl sites for hydroxylation is 1. The average molecular weight is 221 g/mol. The molecule has 1 aliphatic heterocycles. The summed E-state index contributed by atoms with van der Waals surface area (Å²) in [5, 5.41) is 3.09. The average Bonchev–Trinajstić information content (AvgIpc) is 2.77. The minimum absolute atomic E-state index is 0.257. The Hall–Kier alpha value is -1.42. The standard InChI is InChI=1S/C12H16FN3/c1-7-3-4-9(13)10(8(7)2)11(14)12-15-5-6-16-12/h3-4,11H,5-6,14H2,1-2H3,(H,15,16). The maximum atomic E-state index is 13.8. The highest BCUT2D eigenvalue weighted by molar-refractivity contribution is 5.90. The predicted octanol–water partition coefficient (Wildman–Crippen LogP) is 1.44. The lowest BCUT2D eigenvalue weighted by molar-refractivity contribution is 0.601. The second-order valence-corrected chi connectivity index (χ2v) is 4.07. The Morgan fingerprint density at radius 2 is 2.19 bits per heavy atom. The van der Waals surface area contributed by atoms with Gasteiger partial charge < -0.3 is 11.1 Å². The summed E-state index contributed by atoms with van der Waals surface area (Å²) in [6, 6.07) is 2.75. The Kier molecular flexibility index (Phi) is 2.92. The van der Waals surface area contributed by atoms with Crippen molar-refractivity contribution in [2.75, 3.05) is 13.1 Å². The molecular formula is C12H16FN3. The molecule has 1 aliphatic rings. The third-order valence-corrected chi connectivity index (χ3v) is 3.04. The van der Waals surface area contributed by atoms with Gasteiger partial charge in [-0.1, -0.05) is 6.07 Å². The Balaban J connectivity index is 2.42. The molecule has 0 saturated carbocycles. The second kappa shape index (κ2) is 4.22. The molecule has 0 amide bonds. The molecule has 1 aromatic carbocycles. The number of hydrogen-bond acceptors (Lipinski definition) is 3. The summed E-state index contributed by atoms with van der Waals surface area (Å²) in [7, 11) is 0. The van der Waals surface area contributed by atoms with Gasteiger partial charge in [0.25, 0.3) is 0 Å². The van der Waals surface area contributed by atoms with Crippen molar-refractivity contribution >= 4 is 5.84 Å². The monoisotopic (exact) mass is 221 g/mol. The number of halogens is 1. The van der Waals surface area contributed by atoms with E-state index in [9.17, 15) is 4.39 Å². The highest BCUT2D eigenvalue weighted by atomic mass is 19.1. The summed E-state index contributed by atoms with van der Waals surface area (Å²) in [6.07, 6.45) is 0. The number of nitrogens with two attached hydrogens (primary N) is 1. The van der Waals surface area contributed by atoms with Crippen LogP contribution in [0, 0.1) is 19.7 Å². The molecule has 0 radical (unpaired) electrons. The van der Waals surface area contributed by atoms with Gasteiger partial charge in [0.05, 0.1) is 12.6 Å². The van der Waals surface area contributed by atoms with Gasteiger partial charge in [0, 0.05) is 12.1 Å². The number of hydrogen-bond donors (Lipinski definition) is 2. The number of amidine groups is 1. The molecule has 0 saturated heterocycles. The van der Waals surface area contributed by atoms with Crippen LogP contribution in [-0.4, -0.2) is 18.9 Å². The fourth-order valence-electron chi connectivity index (χ4n) is 1.95. The van der Waals surface area contributed by atoms with E-state index < -0.39 is 6.04 Å². The van der Waals surface area contributed by atoms with E-state index in [4.69, 9.17) is 5.73 Å². The molecule has 86 valence electrons. The fourth-order valence-corrected chi connectivity index (χ4v) is 1.95. The first kappa shape index (κ1) is 11.1. The Morgan fingerprint density at radius 1 is 1.44 bits per heavy atom. The van der Waals surface area contributed by atoms with Crippen LogP contribution < -0.4 is 11.1 Å². The fraction of sp³-hybridized carbons (Fsp3) is 0.417. The lowest BCUT2D eigenvalue weighted by atomic mass is 9.96. The first-order valence-electron chi connectivity index (χ1n) is 5.40. The van der Waals surface area contributed by atoms with Crippen LogP contribution in [0.3, 0.4) is 0 Å². The normalized spacial score (nSPS) is 16.9. The van der Waals surface area contributed by atoms with Crippen molar-refractivity contribution in [2.45, 2.75) is 19.9 Å². The van der Waals surface area contributed by atoms with Gasteiger partial charge in [-0.05, 0) is 31.0 Å². The minimum Gasteiger partial charge on any atom is -0.370 e. The molecular weight excluding hydrogens is 205 g/mol. The number of aliphatic imine (C=N–C) groups is 1. The molecule has 1 atom stereocenters. The molecule has 0 aromatic heterocycles.